The normalized spacial score (nSPS) is 11.8. The monoisotopic (exact) mass is 413 g/mol. The van der Waals surface area contributed by atoms with Crippen molar-refractivity contribution >= 4 is 34.1 Å². The van der Waals surface area contributed by atoms with Crippen molar-refractivity contribution in [2.24, 2.45) is 0 Å². The molecule has 1 amide bonds. The van der Waals surface area contributed by atoms with Crippen molar-refractivity contribution in [3.63, 3.8) is 0 Å². The summed E-state index contributed by atoms with van der Waals surface area (Å²) in [6.45, 7) is 1.86. The number of nitrogens with one attached hydrogen (secondary N) is 2. The first-order chi connectivity index (χ1) is 15.1. The van der Waals surface area contributed by atoms with Crippen molar-refractivity contribution in [2.45, 2.75) is 19.4 Å². The fourth-order valence-corrected chi connectivity index (χ4v) is 3.14. The molecule has 156 valence electrons. The summed E-state index contributed by atoms with van der Waals surface area (Å²) < 4.78 is 5.12. The van der Waals surface area contributed by atoms with Gasteiger partial charge >= 0.3 is 0 Å². The molecule has 0 bridgehead atoms. The largest absolute Gasteiger partial charge is 0.381 e. The van der Waals surface area contributed by atoms with Gasteiger partial charge in [-0.2, -0.15) is 0 Å². The van der Waals surface area contributed by atoms with Crippen molar-refractivity contribution < 1.29 is 9.53 Å². The maximum atomic E-state index is 12.0. The van der Waals surface area contributed by atoms with Gasteiger partial charge in [-0.15, -0.1) is 0 Å². The summed E-state index contributed by atoms with van der Waals surface area (Å²) in [5, 5.41) is 7.02. The molecule has 0 saturated heterocycles. The molecule has 0 radical (unpaired) electrons. The highest BCUT2D eigenvalue weighted by atomic mass is 16.5. The smallest absolute Gasteiger partial charge is 0.227 e. The van der Waals surface area contributed by atoms with Crippen LogP contribution in [0.4, 0.5) is 17.3 Å². The van der Waals surface area contributed by atoms with E-state index < -0.39 is 0 Å². The van der Waals surface area contributed by atoms with Gasteiger partial charge in [0.05, 0.1) is 18.0 Å². The van der Waals surface area contributed by atoms with Gasteiger partial charge in [0.1, 0.15) is 0 Å². The van der Waals surface area contributed by atoms with Gasteiger partial charge in [0.2, 0.25) is 11.9 Å². The van der Waals surface area contributed by atoms with Crippen molar-refractivity contribution in [1.29, 1.82) is 0 Å². The Kier molecular flexibility index (Phi) is 6.14. The number of carbonyl (C=O) groups excluding carboxylic acids is 1. The van der Waals surface area contributed by atoms with E-state index in [1.54, 1.807) is 25.7 Å². The lowest BCUT2D eigenvalue weighted by Crippen LogP contribution is -2.18. The summed E-state index contributed by atoms with van der Waals surface area (Å²) >= 11 is 0. The number of hydrogen-bond acceptors (Lipinski definition) is 6. The van der Waals surface area contributed by atoms with E-state index in [0.717, 1.165) is 33.4 Å². The average Bonchev–Trinajstić information content (AvgIpc) is 2.80. The summed E-state index contributed by atoms with van der Waals surface area (Å²) in [7, 11) is 1.59. The molecule has 2 aromatic carbocycles. The summed E-state index contributed by atoms with van der Waals surface area (Å²) in [4.78, 5) is 25.1. The Morgan fingerprint density at radius 1 is 1.00 bits per heavy atom. The fraction of sp³-hybridized carbons (Fsp3) is 0.167. The second-order valence-corrected chi connectivity index (χ2v) is 7.20. The second-order valence-electron chi connectivity index (χ2n) is 7.20. The molecule has 7 nitrogen and oxygen atoms in total. The number of amides is 1. The van der Waals surface area contributed by atoms with Crippen molar-refractivity contribution in [2.75, 3.05) is 17.7 Å². The molecule has 1 atom stereocenters. The van der Waals surface area contributed by atoms with Crippen molar-refractivity contribution in [3.8, 4) is 11.1 Å². The Hall–Kier alpha value is -3.84. The minimum atomic E-state index is -0.119. The van der Waals surface area contributed by atoms with Crippen LogP contribution in [0, 0.1) is 0 Å². The topological polar surface area (TPSA) is 89.0 Å². The number of anilines is 3. The van der Waals surface area contributed by atoms with Crippen LogP contribution in [0.25, 0.3) is 22.0 Å². The van der Waals surface area contributed by atoms with Gasteiger partial charge < -0.3 is 15.4 Å². The highest BCUT2D eigenvalue weighted by molar-refractivity contribution is 5.91. The molecule has 0 aliphatic heterocycles. The zero-order valence-corrected chi connectivity index (χ0v) is 17.4. The second kappa shape index (κ2) is 9.32. The molecule has 2 N–H and O–H groups in total. The van der Waals surface area contributed by atoms with Crippen LogP contribution >= 0.6 is 0 Å². The Morgan fingerprint density at radius 2 is 1.74 bits per heavy atom. The van der Waals surface area contributed by atoms with E-state index in [9.17, 15) is 4.79 Å². The number of nitrogens with zero attached hydrogens (tertiary/aromatic N) is 3. The maximum absolute atomic E-state index is 12.0. The lowest BCUT2D eigenvalue weighted by Gasteiger charge is -2.11. The number of carbonyl (C=O) groups is 1. The number of fused-ring (bicyclic) bond motifs is 1. The number of pyridine rings is 1. The lowest BCUT2D eigenvalue weighted by molar-refractivity contribution is -0.118. The SMILES string of the molecule is COC(C)CC(=O)Nc1ccc(Nc2ncc3cc(-c4ccncc4)ccc3n2)cc1. The lowest BCUT2D eigenvalue weighted by atomic mass is 10.1. The van der Waals surface area contributed by atoms with Crippen LogP contribution < -0.4 is 10.6 Å². The first-order valence-corrected chi connectivity index (χ1v) is 9.97. The quantitative estimate of drug-likeness (QED) is 0.452. The number of rotatable bonds is 7. The minimum Gasteiger partial charge on any atom is -0.381 e. The first kappa shape index (κ1) is 20.4. The van der Waals surface area contributed by atoms with Crippen molar-refractivity contribution in [3.05, 3.63) is 73.2 Å². The van der Waals surface area contributed by atoms with Gasteiger partial charge in [-0.25, -0.2) is 9.97 Å². The molecule has 0 spiro atoms. The Balaban J connectivity index is 1.44. The molecule has 0 fully saturated rings. The first-order valence-electron chi connectivity index (χ1n) is 9.97. The molecule has 2 heterocycles. The Labute approximate surface area is 180 Å². The zero-order valence-electron chi connectivity index (χ0n) is 17.4. The molecule has 31 heavy (non-hydrogen) atoms. The van der Waals surface area contributed by atoms with Crippen LogP contribution in [0.3, 0.4) is 0 Å². The van der Waals surface area contributed by atoms with E-state index in [2.05, 4.69) is 31.7 Å². The van der Waals surface area contributed by atoms with E-state index in [1.807, 2.05) is 55.5 Å². The number of aromatic nitrogens is 3. The highest BCUT2D eigenvalue weighted by Gasteiger charge is 2.08. The highest BCUT2D eigenvalue weighted by Crippen LogP contribution is 2.24. The molecule has 4 rings (SSSR count). The van der Waals surface area contributed by atoms with Crippen LogP contribution in [-0.2, 0) is 9.53 Å². The van der Waals surface area contributed by atoms with E-state index in [0.29, 0.717) is 12.4 Å². The number of methoxy groups -OCH3 is 1. The van der Waals surface area contributed by atoms with E-state index >= 15 is 0 Å². The number of ether oxygens (including phenoxy) is 1. The molecule has 0 aliphatic carbocycles. The standard InChI is InChI=1S/C24H23N5O2/c1-16(31-2)13-23(30)27-20-4-6-21(7-5-20)28-24-26-15-19-14-18(3-8-22(19)29-24)17-9-11-25-12-10-17/h3-12,14-16H,13H2,1-2H3,(H,27,30)(H,26,28,29). The Morgan fingerprint density at radius 3 is 2.48 bits per heavy atom. The van der Waals surface area contributed by atoms with Gasteiger partial charge in [-0.3, -0.25) is 9.78 Å². The van der Waals surface area contributed by atoms with Crippen LogP contribution in [0.1, 0.15) is 13.3 Å². The molecular weight excluding hydrogens is 390 g/mol. The van der Waals surface area contributed by atoms with Crippen LogP contribution in [-0.4, -0.2) is 34.1 Å². The molecule has 0 aliphatic rings. The molecule has 0 saturated carbocycles. The van der Waals surface area contributed by atoms with Crippen LogP contribution in [0.2, 0.25) is 0 Å². The van der Waals surface area contributed by atoms with E-state index in [4.69, 9.17) is 4.74 Å². The molecule has 2 aromatic heterocycles. The van der Waals surface area contributed by atoms with E-state index in [-0.39, 0.29) is 12.0 Å². The van der Waals surface area contributed by atoms with Crippen LogP contribution in [0.5, 0.6) is 0 Å². The van der Waals surface area contributed by atoms with Gasteiger partial charge in [0.15, 0.2) is 0 Å². The van der Waals surface area contributed by atoms with Gasteiger partial charge in [-0.1, -0.05) is 6.07 Å². The number of benzene rings is 2. The third kappa shape index (κ3) is 5.21. The average molecular weight is 413 g/mol. The third-order valence-electron chi connectivity index (χ3n) is 4.89. The van der Waals surface area contributed by atoms with Crippen LogP contribution in [0.15, 0.2) is 73.2 Å². The van der Waals surface area contributed by atoms with Crippen molar-refractivity contribution in [1.82, 2.24) is 15.0 Å². The predicted octanol–water partition coefficient (Wildman–Crippen LogP) is 4.80. The molecule has 1 unspecified atom stereocenters. The number of hydrogen-bond donors (Lipinski definition) is 2. The summed E-state index contributed by atoms with van der Waals surface area (Å²) in [5.41, 5.74) is 4.60. The summed E-state index contributed by atoms with van der Waals surface area (Å²) in [5.74, 6) is 0.425. The predicted molar refractivity (Wildman–Crippen MR) is 122 cm³/mol. The maximum Gasteiger partial charge on any atom is 0.227 e. The van der Waals surface area contributed by atoms with Gasteiger partial charge in [0.25, 0.3) is 0 Å². The molecule has 7 heteroatoms. The fourth-order valence-electron chi connectivity index (χ4n) is 3.14. The zero-order chi connectivity index (χ0) is 21.6. The molecule has 4 aromatic rings. The van der Waals surface area contributed by atoms with E-state index in [1.165, 1.54) is 0 Å². The Bertz CT molecular complexity index is 1180. The minimum absolute atomic E-state index is 0.0842. The third-order valence-corrected chi connectivity index (χ3v) is 4.89. The van der Waals surface area contributed by atoms with Gasteiger partial charge in [-0.05, 0) is 66.6 Å². The molecular formula is C24H23N5O2. The summed E-state index contributed by atoms with van der Waals surface area (Å²) in [6, 6.07) is 17.4. The summed E-state index contributed by atoms with van der Waals surface area (Å²) in [6.07, 6.45) is 5.55. The van der Waals surface area contributed by atoms with Gasteiger partial charge in [0, 0.05) is 42.5 Å².